The molecule has 11 unspecified atom stereocenters. The zero-order chi connectivity index (χ0) is 30.6. The lowest BCUT2D eigenvalue weighted by Crippen LogP contribution is -2.67. The van der Waals surface area contributed by atoms with Crippen LogP contribution in [-0.2, 0) is 0 Å². The van der Waals surface area contributed by atoms with Gasteiger partial charge in [-0.15, -0.1) is 0 Å². The van der Waals surface area contributed by atoms with Gasteiger partial charge in [0.25, 0.3) is 0 Å². The minimum atomic E-state index is 0.288. The molecule has 0 radical (unpaired) electrons. The fraction of sp³-hybridized carbons (Fsp3) is 0.900. The molecule has 2 saturated carbocycles. The van der Waals surface area contributed by atoms with Crippen LogP contribution in [-0.4, -0.2) is 46.2 Å². The molecule has 11 atom stereocenters. The second-order valence-electron chi connectivity index (χ2n) is 20.4. The maximum absolute atomic E-state index is 3.31. The van der Waals surface area contributed by atoms with Gasteiger partial charge < -0.3 is 4.90 Å². The van der Waals surface area contributed by atoms with Crippen molar-refractivity contribution in [2.75, 3.05) is 0 Å². The van der Waals surface area contributed by atoms with Gasteiger partial charge in [-0.2, -0.15) is 0 Å². The summed E-state index contributed by atoms with van der Waals surface area (Å²) in [4.78, 5) is 6.40. The predicted molar refractivity (Wildman–Crippen MR) is 183 cm³/mol. The highest BCUT2D eigenvalue weighted by Crippen LogP contribution is 2.72. The van der Waals surface area contributed by atoms with Gasteiger partial charge >= 0.3 is 0 Å². The van der Waals surface area contributed by atoms with Gasteiger partial charge in [0.15, 0.2) is 0 Å². The molecule has 8 aliphatic rings. The third-order valence-electron chi connectivity index (χ3n) is 16.4. The maximum Gasteiger partial charge on any atom is 0.210 e. The Labute approximate surface area is 266 Å². The van der Waals surface area contributed by atoms with E-state index in [2.05, 4.69) is 92.0 Å². The van der Waals surface area contributed by atoms with Crippen molar-refractivity contribution in [3.05, 3.63) is 22.7 Å². The summed E-state index contributed by atoms with van der Waals surface area (Å²) in [5, 5.41) is 0. The van der Waals surface area contributed by atoms with Crippen molar-refractivity contribution in [2.45, 2.75) is 176 Å². The summed E-state index contributed by atoms with van der Waals surface area (Å²) in [6.45, 7) is 29.5. The maximum atomic E-state index is 3.31. The fourth-order valence-electron chi connectivity index (χ4n) is 14.0. The molecule has 4 heterocycles. The molecule has 8 rings (SSSR count). The SMILES string of the molecule is CC1CC2=C3B(C4=CC(C(C)(C)C)CC5C(C)C(C)N2C45)C2CC(C(C)(C)C)CC4C2N(C3C1)C(C)(C)C41CCCCC1. The number of nitrogens with zero attached hydrogens (tertiary/aromatic N) is 2. The predicted octanol–water partition coefficient (Wildman–Crippen LogP) is 9.81. The Morgan fingerprint density at radius 1 is 0.860 bits per heavy atom. The van der Waals surface area contributed by atoms with Crippen LogP contribution in [0.15, 0.2) is 22.7 Å². The summed E-state index contributed by atoms with van der Waals surface area (Å²) in [7, 11) is 0. The molecule has 0 aromatic rings. The summed E-state index contributed by atoms with van der Waals surface area (Å²) >= 11 is 0. The van der Waals surface area contributed by atoms with Crippen LogP contribution in [0.25, 0.3) is 0 Å². The van der Waals surface area contributed by atoms with Gasteiger partial charge in [-0.25, -0.2) is 0 Å². The molecular formula is C40H65BN2. The zero-order valence-corrected chi connectivity index (χ0v) is 30.0. The minimum absolute atomic E-state index is 0.288. The first-order chi connectivity index (χ1) is 20.1. The van der Waals surface area contributed by atoms with E-state index >= 15 is 0 Å². The van der Waals surface area contributed by atoms with Crippen LogP contribution in [0.2, 0.25) is 5.82 Å². The Hall–Kier alpha value is -0.695. The van der Waals surface area contributed by atoms with Gasteiger partial charge in [-0.1, -0.05) is 98.1 Å². The molecular weight excluding hydrogens is 519 g/mol. The van der Waals surface area contributed by atoms with Crippen LogP contribution in [0.4, 0.5) is 0 Å². The lowest BCUT2D eigenvalue weighted by Gasteiger charge is -2.62. The van der Waals surface area contributed by atoms with E-state index in [0.29, 0.717) is 47.0 Å². The summed E-state index contributed by atoms with van der Waals surface area (Å²) in [6, 6.07) is 2.79. The largest absolute Gasteiger partial charge is 0.366 e. The third-order valence-corrected chi connectivity index (χ3v) is 16.4. The summed E-state index contributed by atoms with van der Waals surface area (Å²) in [5.74, 6) is 5.64. The van der Waals surface area contributed by atoms with Gasteiger partial charge in [-0.05, 0) is 117 Å². The summed E-state index contributed by atoms with van der Waals surface area (Å²) in [5.41, 5.74) is 7.28. The van der Waals surface area contributed by atoms with Crippen molar-refractivity contribution >= 4 is 6.71 Å². The average molecular weight is 585 g/mol. The molecule has 1 spiro atoms. The van der Waals surface area contributed by atoms with Crippen molar-refractivity contribution in [1.29, 1.82) is 0 Å². The Bertz CT molecular complexity index is 1220. The first kappa shape index (κ1) is 29.7. The normalized spacial score (nSPS) is 46.5. The van der Waals surface area contributed by atoms with Crippen molar-refractivity contribution in [3.63, 3.8) is 0 Å². The number of hydrogen-bond acceptors (Lipinski definition) is 2. The number of hydrogen-bond donors (Lipinski definition) is 0. The van der Waals surface area contributed by atoms with E-state index in [0.717, 1.165) is 41.4 Å². The quantitative estimate of drug-likeness (QED) is 0.262. The Morgan fingerprint density at radius 2 is 1.56 bits per heavy atom. The number of rotatable bonds is 0. The molecule has 0 bridgehead atoms. The second kappa shape index (κ2) is 9.22. The minimum Gasteiger partial charge on any atom is -0.366 e. The van der Waals surface area contributed by atoms with E-state index < -0.39 is 0 Å². The van der Waals surface area contributed by atoms with Gasteiger partial charge in [-0.3, -0.25) is 4.90 Å². The molecule has 0 aromatic heterocycles. The number of allylic oxidation sites excluding steroid dienone is 2. The molecule has 3 heteroatoms. The first-order valence-corrected chi connectivity index (χ1v) is 19.1. The average Bonchev–Trinajstić information content (AvgIpc) is 3.29. The summed E-state index contributed by atoms with van der Waals surface area (Å²) in [6.07, 6.45) is 17.4. The molecule has 238 valence electrons. The highest BCUT2D eigenvalue weighted by Gasteiger charge is 2.73. The van der Waals surface area contributed by atoms with Crippen LogP contribution >= 0.6 is 0 Å². The number of fused-ring (bicyclic) bond motifs is 5. The van der Waals surface area contributed by atoms with Crippen LogP contribution in [0.1, 0.15) is 140 Å². The van der Waals surface area contributed by atoms with E-state index in [-0.39, 0.29) is 5.54 Å². The lowest BCUT2D eigenvalue weighted by molar-refractivity contribution is -0.00823. The molecule has 43 heavy (non-hydrogen) atoms. The zero-order valence-electron chi connectivity index (χ0n) is 30.0. The standard InChI is InChI=1S/C40H65BN2/c1-23-17-32-34-33(18-23)43-36-29(40(39(43,10)11)15-13-12-14-16-40)20-27(38(7,8)9)22-31(36)41(34)30-21-26(37(4,5)6)19-28-24(2)25(3)42(32)35(28)30/h21,23-29,31,33,35-36H,12-20,22H2,1-11H3. The van der Waals surface area contributed by atoms with Crippen LogP contribution < -0.4 is 0 Å². The van der Waals surface area contributed by atoms with Crippen LogP contribution in [0.3, 0.4) is 0 Å². The van der Waals surface area contributed by atoms with Crippen molar-refractivity contribution in [1.82, 2.24) is 9.80 Å². The smallest absolute Gasteiger partial charge is 0.210 e. The van der Waals surface area contributed by atoms with E-state index in [1.807, 2.05) is 16.6 Å². The lowest BCUT2D eigenvalue weighted by atomic mass is 9.23. The molecule has 3 saturated heterocycles. The summed E-state index contributed by atoms with van der Waals surface area (Å²) < 4.78 is 0. The molecule has 0 aromatic carbocycles. The molecule has 4 aliphatic heterocycles. The molecule has 0 amide bonds. The van der Waals surface area contributed by atoms with Gasteiger partial charge in [0.1, 0.15) is 0 Å². The highest BCUT2D eigenvalue weighted by atomic mass is 15.3. The van der Waals surface area contributed by atoms with Crippen LogP contribution in [0.5, 0.6) is 0 Å². The van der Waals surface area contributed by atoms with Crippen molar-refractivity contribution in [2.24, 2.45) is 51.8 Å². The Balaban J connectivity index is 1.38. The second-order valence-corrected chi connectivity index (χ2v) is 20.4. The van der Waals surface area contributed by atoms with E-state index in [9.17, 15) is 0 Å². The van der Waals surface area contributed by atoms with Crippen molar-refractivity contribution < 1.29 is 0 Å². The van der Waals surface area contributed by atoms with E-state index in [1.165, 1.54) is 64.2 Å². The molecule has 5 fully saturated rings. The van der Waals surface area contributed by atoms with Gasteiger partial charge in [0.2, 0.25) is 6.71 Å². The monoisotopic (exact) mass is 585 g/mol. The molecule has 4 aliphatic carbocycles. The van der Waals surface area contributed by atoms with Gasteiger partial charge in [0.05, 0.1) is 0 Å². The topological polar surface area (TPSA) is 6.48 Å². The van der Waals surface area contributed by atoms with E-state index in [4.69, 9.17) is 0 Å². The van der Waals surface area contributed by atoms with E-state index in [1.54, 1.807) is 0 Å². The fourth-order valence-corrected chi connectivity index (χ4v) is 14.0. The van der Waals surface area contributed by atoms with Crippen molar-refractivity contribution in [3.8, 4) is 0 Å². The first-order valence-electron chi connectivity index (χ1n) is 19.1. The Kier molecular flexibility index (Phi) is 6.37. The third kappa shape index (κ3) is 3.76. The molecule has 0 N–H and O–H groups in total. The Morgan fingerprint density at radius 3 is 2.21 bits per heavy atom. The van der Waals surface area contributed by atoms with Gasteiger partial charge in [0, 0.05) is 35.4 Å². The highest BCUT2D eigenvalue weighted by molar-refractivity contribution is 6.77. The molecule has 2 nitrogen and oxygen atoms in total. The van der Waals surface area contributed by atoms with Crippen LogP contribution in [0, 0.1) is 51.8 Å².